The van der Waals surface area contributed by atoms with E-state index in [0.717, 1.165) is 5.56 Å². The van der Waals surface area contributed by atoms with Gasteiger partial charge < -0.3 is 20.1 Å². The second kappa shape index (κ2) is 8.82. The maximum absolute atomic E-state index is 12.1. The number of aryl methyl sites for hydroxylation is 1. The number of amides is 2. The minimum Gasteiger partial charge on any atom is -0.484 e. The second-order valence-corrected chi connectivity index (χ2v) is 6.61. The summed E-state index contributed by atoms with van der Waals surface area (Å²) in [4.78, 5) is 27.2. The minimum atomic E-state index is -0.703. The van der Waals surface area contributed by atoms with Gasteiger partial charge in [-0.15, -0.1) is 0 Å². The van der Waals surface area contributed by atoms with Crippen LogP contribution in [0.5, 0.6) is 5.75 Å². The Hall–Kier alpha value is -2.12. The zero-order valence-corrected chi connectivity index (χ0v) is 15.1. The number of β-amino-alcohol motifs (C(OH)–C–C–N with tert-alkyl or cyclic N) is 1. The van der Waals surface area contributed by atoms with Crippen molar-refractivity contribution in [2.75, 3.05) is 40.3 Å². The molecule has 1 heterocycles. The van der Waals surface area contributed by atoms with E-state index >= 15 is 0 Å². The highest BCUT2D eigenvalue weighted by atomic mass is 16.5. The molecule has 0 radical (unpaired) electrons. The number of likely N-dealkylation sites (N-methyl/N-ethyl adjacent to an activating group) is 1. The van der Waals surface area contributed by atoms with E-state index in [-0.39, 0.29) is 31.0 Å². The number of hydrogen-bond donors (Lipinski definition) is 2. The predicted octanol–water partition coefficient (Wildman–Crippen LogP) is 0.0134. The summed E-state index contributed by atoms with van der Waals surface area (Å²) in [6.45, 7) is 3.13. The van der Waals surface area contributed by atoms with Crippen molar-refractivity contribution in [1.82, 2.24) is 15.1 Å². The lowest BCUT2D eigenvalue weighted by Gasteiger charge is -2.36. The number of nitrogens with one attached hydrogen (secondary N) is 1. The van der Waals surface area contributed by atoms with Gasteiger partial charge in [-0.1, -0.05) is 18.2 Å². The zero-order valence-electron chi connectivity index (χ0n) is 15.1. The van der Waals surface area contributed by atoms with Crippen molar-refractivity contribution in [3.8, 4) is 5.75 Å². The van der Waals surface area contributed by atoms with Crippen LogP contribution >= 0.6 is 0 Å². The Morgan fingerprint density at radius 1 is 1.36 bits per heavy atom. The molecule has 7 heteroatoms. The maximum atomic E-state index is 12.1. The van der Waals surface area contributed by atoms with Crippen molar-refractivity contribution in [2.45, 2.75) is 25.5 Å². The molecule has 138 valence electrons. The number of aliphatic hydroxyl groups is 1. The van der Waals surface area contributed by atoms with Crippen LogP contribution in [0.2, 0.25) is 0 Å². The van der Waals surface area contributed by atoms with Crippen LogP contribution in [0.3, 0.4) is 0 Å². The fourth-order valence-electron chi connectivity index (χ4n) is 2.75. The van der Waals surface area contributed by atoms with Crippen LogP contribution in [0.1, 0.15) is 12.0 Å². The molecule has 0 unspecified atom stereocenters. The van der Waals surface area contributed by atoms with Crippen LogP contribution < -0.4 is 10.1 Å². The lowest BCUT2D eigenvalue weighted by atomic mass is 10.0. The Morgan fingerprint density at radius 3 is 2.72 bits per heavy atom. The minimum absolute atomic E-state index is 0.00122. The summed E-state index contributed by atoms with van der Waals surface area (Å²) in [7, 11) is 3.42. The summed E-state index contributed by atoms with van der Waals surface area (Å²) >= 11 is 0. The van der Waals surface area contributed by atoms with Crippen molar-refractivity contribution in [2.24, 2.45) is 0 Å². The average molecular weight is 349 g/mol. The molecular formula is C18H27N3O4. The molecule has 1 aromatic rings. The van der Waals surface area contributed by atoms with Gasteiger partial charge >= 0.3 is 0 Å². The van der Waals surface area contributed by atoms with Crippen molar-refractivity contribution in [1.29, 1.82) is 0 Å². The first-order valence-electron chi connectivity index (χ1n) is 8.45. The molecule has 0 aromatic heterocycles. The van der Waals surface area contributed by atoms with Gasteiger partial charge in [-0.25, -0.2) is 0 Å². The predicted molar refractivity (Wildman–Crippen MR) is 94.4 cm³/mol. The van der Waals surface area contributed by atoms with E-state index in [0.29, 0.717) is 25.3 Å². The van der Waals surface area contributed by atoms with Crippen LogP contribution in [-0.2, 0) is 9.59 Å². The normalized spacial score (nSPS) is 20.8. The first-order chi connectivity index (χ1) is 11.9. The van der Waals surface area contributed by atoms with Gasteiger partial charge in [0.05, 0.1) is 18.7 Å². The molecule has 0 aliphatic carbocycles. The van der Waals surface area contributed by atoms with Gasteiger partial charge in [0, 0.05) is 27.2 Å². The number of hydrogen-bond acceptors (Lipinski definition) is 5. The van der Waals surface area contributed by atoms with Crippen LogP contribution in [-0.4, -0.2) is 79.2 Å². The summed E-state index contributed by atoms with van der Waals surface area (Å²) in [6.07, 6.45) is -0.107. The third-order valence-corrected chi connectivity index (χ3v) is 4.32. The van der Waals surface area contributed by atoms with Gasteiger partial charge in [0.1, 0.15) is 5.75 Å². The number of rotatable bonds is 6. The topological polar surface area (TPSA) is 82.1 Å². The quantitative estimate of drug-likeness (QED) is 0.756. The summed E-state index contributed by atoms with van der Waals surface area (Å²) < 4.78 is 5.52. The van der Waals surface area contributed by atoms with Crippen molar-refractivity contribution < 1.29 is 19.4 Å². The number of piperidine rings is 1. The summed E-state index contributed by atoms with van der Waals surface area (Å²) in [5, 5.41) is 13.1. The second-order valence-electron chi connectivity index (χ2n) is 6.61. The monoisotopic (exact) mass is 349 g/mol. The molecule has 25 heavy (non-hydrogen) atoms. The summed E-state index contributed by atoms with van der Waals surface area (Å²) in [5.41, 5.74) is 0.967. The van der Waals surface area contributed by atoms with E-state index in [4.69, 9.17) is 4.74 Å². The van der Waals surface area contributed by atoms with Gasteiger partial charge in [-0.3, -0.25) is 14.5 Å². The number of likely N-dealkylation sites (tertiary alicyclic amines) is 1. The molecule has 7 nitrogen and oxygen atoms in total. The van der Waals surface area contributed by atoms with Crippen LogP contribution in [0.4, 0.5) is 0 Å². The number of benzene rings is 1. The first-order valence-corrected chi connectivity index (χ1v) is 8.45. The molecule has 1 aliphatic rings. The van der Waals surface area contributed by atoms with E-state index in [1.165, 1.54) is 4.90 Å². The number of carbonyl (C=O) groups excluding carboxylic acids is 2. The van der Waals surface area contributed by atoms with Gasteiger partial charge in [-0.2, -0.15) is 0 Å². The Balaban J connectivity index is 1.76. The van der Waals surface area contributed by atoms with Crippen molar-refractivity contribution >= 4 is 11.8 Å². The van der Waals surface area contributed by atoms with E-state index in [1.54, 1.807) is 14.1 Å². The number of ether oxygens (including phenoxy) is 1. The van der Waals surface area contributed by atoms with Crippen molar-refractivity contribution in [3.63, 3.8) is 0 Å². The highest BCUT2D eigenvalue weighted by Crippen LogP contribution is 2.16. The molecule has 0 bridgehead atoms. The Morgan fingerprint density at radius 2 is 2.08 bits per heavy atom. The largest absolute Gasteiger partial charge is 0.484 e. The molecule has 0 saturated carbocycles. The Kier molecular flexibility index (Phi) is 6.78. The highest BCUT2D eigenvalue weighted by Gasteiger charge is 2.29. The molecule has 1 saturated heterocycles. The Bertz CT molecular complexity index is 606. The first kappa shape index (κ1) is 19.2. The van der Waals surface area contributed by atoms with Gasteiger partial charge in [0.15, 0.2) is 6.61 Å². The highest BCUT2D eigenvalue weighted by molar-refractivity contribution is 5.78. The molecule has 2 amide bonds. The summed E-state index contributed by atoms with van der Waals surface area (Å²) in [5.74, 6) is 0.418. The van der Waals surface area contributed by atoms with Crippen molar-refractivity contribution in [3.05, 3.63) is 29.8 Å². The van der Waals surface area contributed by atoms with Gasteiger partial charge in [0.25, 0.3) is 5.91 Å². The Labute approximate surface area is 148 Å². The van der Waals surface area contributed by atoms with Crippen LogP contribution in [0.15, 0.2) is 24.3 Å². The van der Waals surface area contributed by atoms with E-state index in [2.05, 4.69) is 5.32 Å². The smallest absolute Gasteiger partial charge is 0.258 e. The van der Waals surface area contributed by atoms with Gasteiger partial charge in [0.2, 0.25) is 5.91 Å². The molecule has 1 aliphatic heterocycles. The fourth-order valence-corrected chi connectivity index (χ4v) is 2.75. The maximum Gasteiger partial charge on any atom is 0.258 e. The van der Waals surface area contributed by atoms with Crippen LogP contribution in [0.25, 0.3) is 0 Å². The molecular weight excluding hydrogens is 322 g/mol. The average Bonchev–Trinajstić information content (AvgIpc) is 2.56. The SMILES string of the molecule is Cc1ccccc1OCC(=O)N[C@@H]1CCN(CC(=O)N(C)C)C[C@H]1O. The van der Waals surface area contributed by atoms with E-state index in [9.17, 15) is 14.7 Å². The number of nitrogens with zero attached hydrogens (tertiary/aromatic N) is 2. The number of para-hydroxylation sites is 1. The van der Waals surface area contributed by atoms with E-state index in [1.807, 2.05) is 36.1 Å². The number of aliphatic hydroxyl groups excluding tert-OH is 1. The third kappa shape index (κ3) is 5.72. The molecule has 2 atom stereocenters. The third-order valence-electron chi connectivity index (χ3n) is 4.32. The standard InChI is InChI=1S/C18H27N3O4/c1-13-6-4-5-7-16(13)25-12-17(23)19-14-8-9-21(10-15(14)22)11-18(24)20(2)3/h4-7,14-15,22H,8-12H2,1-3H3,(H,19,23)/t14-,15-/m1/s1. The zero-order chi connectivity index (χ0) is 18.4. The number of carbonyl (C=O) groups is 2. The van der Waals surface area contributed by atoms with Crippen LogP contribution in [0, 0.1) is 6.92 Å². The lowest BCUT2D eigenvalue weighted by molar-refractivity contribution is -0.131. The lowest BCUT2D eigenvalue weighted by Crippen LogP contribution is -2.56. The molecule has 0 spiro atoms. The molecule has 1 aromatic carbocycles. The van der Waals surface area contributed by atoms with Gasteiger partial charge in [-0.05, 0) is 25.0 Å². The van der Waals surface area contributed by atoms with E-state index < -0.39 is 6.10 Å². The summed E-state index contributed by atoms with van der Waals surface area (Å²) in [6, 6.07) is 7.18. The molecule has 1 fully saturated rings. The molecule has 2 rings (SSSR count). The fraction of sp³-hybridized carbons (Fsp3) is 0.556. The molecule has 2 N–H and O–H groups in total.